The van der Waals surface area contributed by atoms with E-state index < -0.39 is 0 Å². The van der Waals surface area contributed by atoms with Gasteiger partial charge in [0, 0.05) is 11.1 Å². The van der Waals surface area contributed by atoms with Crippen LogP contribution in [0.4, 0.5) is 0 Å². The molecule has 0 aliphatic carbocycles. The zero-order valence-electron chi connectivity index (χ0n) is 36.2. The van der Waals surface area contributed by atoms with Crippen LogP contribution in [0.3, 0.4) is 0 Å². The predicted molar refractivity (Wildman–Crippen MR) is 271 cm³/mol. The van der Waals surface area contributed by atoms with E-state index in [4.69, 9.17) is 0 Å². The highest BCUT2D eigenvalue weighted by Crippen LogP contribution is 2.36. The summed E-state index contributed by atoms with van der Waals surface area (Å²) in [6.45, 7) is 4.00. The van der Waals surface area contributed by atoms with E-state index in [1.165, 1.54) is 22.3 Å². The van der Waals surface area contributed by atoms with Gasteiger partial charge in [-0.25, -0.2) is 0 Å². The van der Waals surface area contributed by atoms with Crippen molar-refractivity contribution in [2.45, 2.75) is 13.8 Å². The Balaban J connectivity index is 0.00000256. The van der Waals surface area contributed by atoms with Crippen molar-refractivity contribution in [3.05, 3.63) is 266 Å². The molecule has 0 N–H and O–H groups in total. The summed E-state index contributed by atoms with van der Waals surface area (Å²) in [5, 5.41) is 0. The van der Waals surface area contributed by atoms with Gasteiger partial charge in [0.25, 0.3) is 0 Å². The average Bonchev–Trinajstić information content (AvgIpc) is 3.40. The van der Waals surface area contributed by atoms with Crippen molar-refractivity contribution < 1.29 is 4.79 Å². The van der Waals surface area contributed by atoms with Crippen molar-refractivity contribution in [2.75, 3.05) is 0 Å². The molecule has 0 fully saturated rings. The van der Waals surface area contributed by atoms with Gasteiger partial charge in [0.1, 0.15) is 0 Å². The first-order chi connectivity index (χ1) is 31.6. The molecular formula is C63H48O. The fourth-order valence-corrected chi connectivity index (χ4v) is 8.29. The van der Waals surface area contributed by atoms with Crippen LogP contribution < -0.4 is 0 Å². The minimum Gasteiger partial charge on any atom is -0.289 e. The van der Waals surface area contributed by atoms with Crippen LogP contribution in [0.15, 0.2) is 255 Å². The van der Waals surface area contributed by atoms with Crippen LogP contribution in [0.1, 0.15) is 29.8 Å². The minimum absolute atomic E-state index is 0.0279. The molecule has 64 heavy (non-hydrogen) atoms. The number of carbonyl (C=O) groups excluding carboxylic acids is 1. The number of hydrogen-bond donors (Lipinski definition) is 0. The van der Waals surface area contributed by atoms with Gasteiger partial charge in [0.2, 0.25) is 0 Å². The largest absolute Gasteiger partial charge is 0.289 e. The molecule has 0 radical (unpaired) electrons. The van der Waals surface area contributed by atoms with Crippen molar-refractivity contribution in [2.24, 2.45) is 0 Å². The van der Waals surface area contributed by atoms with Crippen LogP contribution >= 0.6 is 0 Å². The fraction of sp³-hybridized carbons (Fsp3) is 0.0317. The lowest BCUT2D eigenvalue weighted by Crippen LogP contribution is -2.03. The molecule has 10 aromatic carbocycles. The molecule has 0 heterocycles. The standard InChI is InChI=1S/C61H42O.C2H6/c62-61(59-39-55(51-29-21-47(22-30-51)43-13-5-1-6-14-43)37-56(40-59)52-31-23-48(24-32-52)44-15-7-2-8-16-44)60-41-57(53-33-25-49(26-34-53)45-17-9-3-10-18-45)38-58(42-60)54-35-27-50(28-36-54)46-19-11-4-12-20-46;1-2/h1-42H;1-2H3. The van der Waals surface area contributed by atoms with E-state index in [2.05, 4.69) is 231 Å². The van der Waals surface area contributed by atoms with Gasteiger partial charge in [-0.2, -0.15) is 0 Å². The molecule has 0 aliphatic rings. The zero-order valence-corrected chi connectivity index (χ0v) is 36.2. The third-order valence-corrected chi connectivity index (χ3v) is 11.7. The maximum absolute atomic E-state index is 15.1. The summed E-state index contributed by atoms with van der Waals surface area (Å²) >= 11 is 0. The Hall–Kier alpha value is -8.13. The molecule has 0 amide bonds. The van der Waals surface area contributed by atoms with Crippen LogP contribution in [0, 0.1) is 0 Å². The summed E-state index contributed by atoms with van der Waals surface area (Å²) in [5.74, 6) is -0.0279. The first-order valence-corrected chi connectivity index (χ1v) is 22.1. The second-order valence-corrected chi connectivity index (χ2v) is 15.7. The van der Waals surface area contributed by atoms with Crippen molar-refractivity contribution in [1.82, 2.24) is 0 Å². The van der Waals surface area contributed by atoms with Crippen molar-refractivity contribution in [3.8, 4) is 89.0 Å². The fourth-order valence-electron chi connectivity index (χ4n) is 8.29. The smallest absolute Gasteiger partial charge is 0.193 e. The predicted octanol–water partition coefficient (Wildman–Crippen LogP) is 17.3. The Morgan fingerprint density at radius 3 is 0.547 bits per heavy atom. The highest BCUT2D eigenvalue weighted by Gasteiger charge is 2.17. The van der Waals surface area contributed by atoms with Gasteiger partial charge in [0.05, 0.1) is 0 Å². The van der Waals surface area contributed by atoms with E-state index in [9.17, 15) is 0 Å². The maximum atomic E-state index is 15.1. The van der Waals surface area contributed by atoms with Gasteiger partial charge >= 0.3 is 0 Å². The van der Waals surface area contributed by atoms with Crippen molar-refractivity contribution >= 4 is 5.78 Å². The highest BCUT2D eigenvalue weighted by atomic mass is 16.1. The Morgan fingerprint density at radius 1 is 0.203 bits per heavy atom. The summed E-state index contributed by atoms with van der Waals surface area (Å²) in [7, 11) is 0. The molecule has 1 heteroatoms. The molecule has 0 saturated heterocycles. The van der Waals surface area contributed by atoms with Crippen LogP contribution in [-0.2, 0) is 0 Å². The summed E-state index contributed by atoms with van der Waals surface area (Å²) in [5.41, 5.74) is 18.7. The second kappa shape index (κ2) is 19.3. The molecule has 1 nitrogen and oxygen atoms in total. The normalized spacial score (nSPS) is 10.7. The lowest BCUT2D eigenvalue weighted by atomic mass is 9.89. The van der Waals surface area contributed by atoms with Gasteiger partial charge in [-0.1, -0.05) is 232 Å². The molecule has 0 atom stereocenters. The Labute approximate surface area is 377 Å². The molecule has 10 aromatic rings. The summed E-state index contributed by atoms with van der Waals surface area (Å²) < 4.78 is 0. The summed E-state index contributed by atoms with van der Waals surface area (Å²) in [4.78, 5) is 15.1. The lowest BCUT2D eigenvalue weighted by Gasteiger charge is -2.14. The molecule has 0 spiro atoms. The van der Waals surface area contributed by atoms with Gasteiger partial charge in [-0.3, -0.25) is 4.79 Å². The first kappa shape index (κ1) is 41.2. The zero-order chi connectivity index (χ0) is 43.7. The number of ketones is 1. The first-order valence-electron chi connectivity index (χ1n) is 22.1. The third-order valence-electron chi connectivity index (χ3n) is 11.7. The molecule has 0 bridgehead atoms. The summed E-state index contributed by atoms with van der Waals surface area (Å²) in [6, 6.07) is 88.9. The van der Waals surface area contributed by atoms with Gasteiger partial charge in [0.15, 0.2) is 5.78 Å². The second-order valence-electron chi connectivity index (χ2n) is 15.7. The molecule has 10 rings (SSSR count). The topological polar surface area (TPSA) is 17.1 Å². The molecule has 0 saturated carbocycles. The number of hydrogen-bond acceptors (Lipinski definition) is 1. The third kappa shape index (κ3) is 9.21. The van der Waals surface area contributed by atoms with E-state index in [1.807, 2.05) is 38.1 Å². The summed E-state index contributed by atoms with van der Waals surface area (Å²) in [6.07, 6.45) is 0. The Bertz CT molecular complexity index is 2680. The van der Waals surface area contributed by atoms with Crippen LogP contribution in [-0.4, -0.2) is 5.78 Å². The van der Waals surface area contributed by atoms with Crippen molar-refractivity contribution in [1.29, 1.82) is 0 Å². The van der Waals surface area contributed by atoms with E-state index in [1.54, 1.807) is 0 Å². The van der Waals surface area contributed by atoms with Crippen LogP contribution in [0.25, 0.3) is 89.0 Å². The van der Waals surface area contributed by atoms with Crippen LogP contribution in [0.2, 0.25) is 0 Å². The SMILES string of the molecule is CC.O=C(c1cc(-c2ccc(-c3ccccc3)cc2)cc(-c2ccc(-c3ccccc3)cc2)c1)c1cc(-c2ccc(-c3ccccc3)cc2)cc(-c2ccc(-c3ccccc3)cc2)c1. The van der Waals surface area contributed by atoms with Gasteiger partial charge in [-0.05, 0) is 125 Å². The Morgan fingerprint density at radius 2 is 0.359 bits per heavy atom. The van der Waals surface area contributed by atoms with Gasteiger partial charge in [-0.15, -0.1) is 0 Å². The van der Waals surface area contributed by atoms with E-state index in [-0.39, 0.29) is 5.78 Å². The van der Waals surface area contributed by atoms with E-state index >= 15 is 4.79 Å². The van der Waals surface area contributed by atoms with E-state index in [0.29, 0.717) is 11.1 Å². The number of carbonyl (C=O) groups is 1. The molecule has 306 valence electrons. The van der Waals surface area contributed by atoms with Gasteiger partial charge < -0.3 is 0 Å². The molecule has 0 aromatic heterocycles. The number of benzene rings is 10. The van der Waals surface area contributed by atoms with E-state index in [0.717, 1.165) is 66.8 Å². The maximum Gasteiger partial charge on any atom is 0.193 e. The lowest BCUT2D eigenvalue weighted by molar-refractivity contribution is 0.103. The quantitative estimate of drug-likeness (QED) is 0.126. The monoisotopic (exact) mass is 820 g/mol. The average molecular weight is 821 g/mol. The highest BCUT2D eigenvalue weighted by molar-refractivity contribution is 6.11. The minimum atomic E-state index is -0.0279. The van der Waals surface area contributed by atoms with Crippen molar-refractivity contribution in [3.63, 3.8) is 0 Å². The molecular weight excluding hydrogens is 773 g/mol. The Kier molecular flexibility index (Phi) is 12.4. The molecule has 0 aliphatic heterocycles. The van der Waals surface area contributed by atoms with Crippen LogP contribution in [0.5, 0.6) is 0 Å². The molecule has 0 unspecified atom stereocenters. The number of rotatable bonds is 10.